The maximum atomic E-state index is 13.1. The van der Waals surface area contributed by atoms with Gasteiger partial charge in [0.05, 0.1) is 23.6 Å². The molecule has 0 radical (unpaired) electrons. The Balaban J connectivity index is 1.39. The highest BCUT2D eigenvalue weighted by molar-refractivity contribution is 5.95. The SMILES string of the molecule is C[C@]12CN(C(=O)c3cn[nH]c3C3CCCO3)C[C@H]1[C@H]1CC[C@@H]2C1. The van der Waals surface area contributed by atoms with Gasteiger partial charge in [0.1, 0.15) is 0 Å². The number of nitrogens with one attached hydrogen (secondary N) is 1. The number of aromatic nitrogens is 2. The lowest BCUT2D eigenvalue weighted by Crippen LogP contribution is -2.34. The Morgan fingerprint density at radius 2 is 2.35 bits per heavy atom. The minimum atomic E-state index is 0.0188. The molecule has 2 saturated heterocycles. The summed E-state index contributed by atoms with van der Waals surface area (Å²) in [5, 5.41) is 7.16. The molecule has 1 unspecified atom stereocenters. The molecule has 2 aliphatic heterocycles. The molecule has 5 rings (SSSR count). The van der Waals surface area contributed by atoms with Crippen molar-refractivity contribution in [1.82, 2.24) is 15.1 Å². The van der Waals surface area contributed by atoms with Gasteiger partial charge >= 0.3 is 0 Å². The number of ether oxygens (including phenoxy) is 1. The van der Waals surface area contributed by atoms with E-state index in [2.05, 4.69) is 22.0 Å². The highest BCUT2D eigenvalue weighted by Crippen LogP contribution is 2.62. The first kappa shape index (κ1) is 14.0. The number of H-pyrrole nitrogens is 1. The molecular formula is C18H25N3O2. The van der Waals surface area contributed by atoms with Crippen molar-refractivity contribution >= 4 is 5.91 Å². The number of carbonyl (C=O) groups is 1. The average molecular weight is 315 g/mol. The zero-order valence-electron chi connectivity index (χ0n) is 13.8. The fourth-order valence-electron chi connectivity index (χ4n) is 5.98. The Morgan fingerprint density at radius 1 is 1.43 bits per heavy atom. The summed E-state index contributed by atoms with van der Waals surface area (Å²) < 4.78 is 5.75. The van der Waals surface area contributed by atoms with Crippen LogP contribution in [0.5, 0.6) is 0 Å². The number of rotatable bonds is 2. The van der Waals surface area contributed by atoms with Crippen LogP contribution in [0.3, 0.4) is 0 Å². The Bertz CT molecular complexity index is 636. The van der Waals surface area contributed by atoms with Crippen LogP contribution in [0.1, 0.15) is 61.2 Å². The minimum absolute atomic E-state index is 0.0188. The average Bonchev–Trinajstić information content (AvgIpc) is 3.29. The molecule has 0 aromatic carbocycles. The molecule has 5 atom stereocenters. The van der Waals surface area contributed by atoms with Gasteiger partial charge in [-0.15, -0.1) is 0 Å². The van der Waals surface area contributed by atoms with Crippen LogP contribution in [0.4, 0.5) is 0 Å². The third kappa shape index (κ3) is 1.89. The molecule has 23 heavy (non-hydrogen) atoms. The quantitative estimate of drug-likeness (QED) is 0.913. The molecule has 5 nitrogen and oxygen atoms in total. The number of nitrogens with zero attached hydrogens (tertiary/aromatic N) is 2. The molecule has 2 aliphatic carbocycles. The van der Waals surface area contributed by atoms with Crippen molar-refractivity contribution in [1.29, 1.82) is 0 Å². The third-order valence-corrected chi connectivity index (χ3v) is 7.21. The monoisotopic (exact) mass is 315 g/mol. The second-order valence-electron chi connectivity index (χ2n) is 8.27. The van der Waals surface area contributed by atoms with E-state index in [4.69, 9.17) is 4.74 Å². The maximum Gasteiger partial charge on any atom is 0.257 e. The summed E-state index contributed by atoms with van der Waals surface area (Å²) in [6.07, 6.45) is 7.90. The van der Waals surface area contributed by atoms with Gasteiger partial charge in [-0.05, 0) is 55.3 Å². The van der Waals surface area contributed by atoms with Crippen LogP contribution in [-0.4, -0.2) is 40.7 Å². The summed E-state index contributed by atoms with van der Waals surface area (Å²) in [6, 6.07) is 0. The van der Waals surface area contributed by atoms with E-state index in [1.165, 1.54) is 19.3 Å². The van der Waals surface area contributed by atoms with E-state index in [-0.39, 0.29) is 12.0 Å². The number of fused-ring (bicyclic) bond motifs is 5. The van der Waals surface area contributed by atoms with Crippen LogP contribution >= 0.6 is 0 Å². The van der Waals surface area contributed by atoms with Crippen molar-refractivity contribution in [3.8, 4) is 0 Å². The number of carbonyl (C=O) groups excluding carboxylic acids is 1. The molecule has 1 aromatic heterocycles. The lowest BCUT2D eigenvalue weighted by atomic mass is 9.70. The lowest BCUT2D eigenvalue weighted by Gasteiger charge is -2.34. The summed E-state index contributed by atoms with van der Waals surface area (Å²) in [5.74, 6) is 2.55. The molecule has 3 heterocycles. The topological polar surface area (TPSA) is 58.2 Å². The van der Waals surface area contributed by atoms with Crippen molar-refractivity contribution in [2.24, 2.45) is 23.2 Å². The standard InChI is InChI=1S/C18H25N3O2/c1-18-10-21(9-14(18)11-4-5-12(18)7-11)17(22)13-8-19-20-16(13)15-3-2-6-23-15/h8,11-12,14-15H,2-7,9-10H2,1H3,(H,19,20)/t11-,12+,14-,15?,18+/m0/s1. The summed E-state index contributed by atoms with van der Waals surface area (Å²) >= 11 is 0. The van der Waals surface area contributed by atoms with Crippen molar-refractivity contribution < 1.29 is 9.53 Å². The number of hydrogen-bond acceptors (Lipinski definition) is 3. The van der Waals surface area contributed by atoms with Crippen molar-refractivity contribution in [2.45, 2.75) is 45.1 Å². The van der Waals surface area contributed by atoms with Crippen molar-refractivity contribution in [3.63, 3.8) is 0 Å². The first-order valence-electron chi connectivity index (χ1n) is 9.11. The van der Waals surface area contributed by atoms with Gasteiger partial charge in [-0.25, -0.2) is 0 Å². The van der Waals surface area contributed by atoms with Gasteiger partial charge in [-0.1, -0.05) is 6.92 Å². The Morgan fingerprint density at radius 3 is 3.13 bits per heavy atom. The van der Waals surface area contributed by atoms with Gasteiger partial charge in [0.2, 0.25) is 0 Å². The van der Waals surface area contributed by atoms with E-state index in [0.717, 1.165) is 55.6 Å². The van der Waals surface area contributed by atoms with E-state index in [1.807, 2.05) is 0 Å². The highest BCUT2D eigenvalue weighted by Gasteiger charge is 2.60. The fraction of sp³-hybridized carbons (Fsp3) is 0.778. The Kier molecular flexibility index (Phi) is 2.94. The van der Waals surface area contributed by atoms with Crippen molar-refractivity contribution in [3.05, 3.63) is 17.5 Å². The number of likely N-dealkylation sites (tertiary alicyclic amines) is 1. The smallest absolute Gasteiger partial charge is 0.257 e. The van der Waals surface area contributed by atoms with Gasteiger partial charge in [0.25, 0.3) is 5.91 Å². The Labute approximate surface area is 136 Å². The van der Waals surface area contributed by atoms with Gasteiger partial charge in [0, 0.05) is 19.7 Å². The Hall–Kier alpha value is -1.36. The van der Waals surface area contributed by atoms with E-state index in [1.54, 1.807) is 6.20 Å². The van der Waals surface area contributed by atoms with Gasteiger partial charge in [-0.2, -0.15) is 5.10 Å². The zero-order valence-corrected chi connectivity index (χ0v) is 13.8. The molecule has 2 bridgehead atoms. The molecule has 2 saturated carbocycles. The molecule has 4 fully saturated rings. The number of hydrogen-bond donors (Lipinski definition) is 1. The second kappa shape index (κ2) is 4.82. The van der Waals surface area contributed by atoms with E-state index in [0.29, 0.717) is 11.3 Å². The maximum absolute atomic E-state index is 13.1. The van der Waals surface area contributed by atoms with Crippen LogP contribution < -0.4 is 0 Å². The molecule has 1 aromatic rings. The third-order valence-electron chi connectivity index (χ3n) is 7.21. The van der Waals surface area contributed by atoms with Crippen LogP contribution in [0, 0.1) is 23.2 Å². The minimum Gasteiger partial charge on any atom is -0.372 e. The first-order chi connectivity index (χ1) is 11.2. The lowest BCUT2D eigenvalue weighted by molar-refractivity contribution is 0.0743. The fourth-order valence-corrected chi connectivity index (χ4v) is 5.98. The summed E-state index contributed by atoms with van der Waals surface area (Å²) in [4.78, 5) is 15.2. The molecule has 5 heteroatoms. The molecule has 4 aliphatic rings. The second-order valence-corrected chi connectivity index (χ2v) is 8.27. The van der Waals surface area contributed by atoms with E-state index in [9.17, 15) is 4.79 Å². The van der Waals surface area contributed by atoms with Gasteiger partial charge in [0.15, 0.2) is 0 Å². The first-order valence-corrected chi connectivity index (χ1v) is 9.11. The zero-order chi connectivity index (χ0) is 15.6. The molecule has 0 spiro atoms. The molecule has 124 valence electrons. The van der Waals surface area contributed by atoms with Gasteiger partial charge in [-0.3, -0.25) is 9.89 Å². The predicted octanol–water partition coefficient (Wildman–Crippen LogP) is 2.77. The van der Waals surface area contributed by atoms with E-state index < -0.39 is 0 Å². The van der Waals surface area contributed by atoms with Crippen LogP contribution in [-0.2, 0) is 4.74 Å². The largest absolute Gasteiger partial charge is 0.372 e. The number of amides is 1. The highest BCUT2D eigenvalue weighted by atomic mass is 16.5. The van der Waals surface area contributed by atoms with Crippen LogP contribution in [0.25, 0.3) is 0 Å². The predicted molar refractivity (Wildman–Crippen MR) is 84.8 cm³/mol. The molecule has 1 amide bonds. The molecule has 1 N–H and O–H groups in total. The number of aromatic amines is 1. The molecular weight excluding hydrogens is 290 g/mol. The summed E-state index contributed by atoms with van der Waals surface area (Å²) in [7, 11) is 0. The van der Waals surface area contributed by atoms with Crippen molar-refractivity contribution in [2.75, 3.05) is 19.7 Å². The van der Waals surface area contributed by atoms with Crippen LogP contribution in [0.15, 0.2) is 6.20 Å². The summed E-state index contributed by atoms with van der Waals surface area (Å²) in [6.45, 7) is 5.07. The normalized spacial score (nSPS) is 41.7. The van der Waals surface area contributed by atoms with Gasteiger partial charge < -0.3 is 9.64 Å². The summed E-state index contributed by atoms with van der Waals surface area (Å²) in [5.41, 5.74) is 1.97. The van der Waals surface area contributed by atoms with Crippen LogP contribution in [0.2, 0.25) is 0 Å². The van der Waals surface area contributed by atoms with E-state index >= 15 is 0 Å².